The first-order valence-corrected chi connectivity index (χ1v) is 20.7. The van der Waals surface area contributed by atoms with Gasteiger partial charge in [0.15, 0.2) is 23.0 Å². The highest BCUT2D eigenvalue weighted by molar-refractivity contribution is 7.85. The molecular weight excluding hydrogens is 779 g/mol. The van der Waals surface area contributed by atoms with Gasteiger partial charge in [0.2, 0.25) is 0 Å². The Balaban J connectivity index is 0.000000997. The molecule has 2 aliphatic heterocycles. The third-order valence-electron chi connectivity index (χ3n) is 10.6. The van der Waals surface area contributed by atoms with Crippen LogP contribution in [0.3, 0.4) is 0 Å². The molecule has 2 aliphatic rings. The summed E-state index contributed by atoms with van der Waals surface area (Å²) >= 11 is 0. The average Bonchev–Trinajstić information content (AvgIpc) is 3.22. The Morgan fingerprint density at radius 1 is 0.525 bits per heavy atom. The Morgan fingerprint density at radius 2 is 0.898 bits per heavy atom. The standard InChI is InChI=1S/C43H39N3O8.CH4O3S/c1-51-34-20-24-18-32-38-26(30(24)22-36(34)53-3)10-7-12-28(38)40(47)45(42(32)49)16-6-5-14-44-15-9-17-46-41(48)29-13-8-11-27-31-23-37(54-4)35(52-2)21-25(31)19-33(39(27)29)43(46)50;1-5(2,3)4/h7-8,10-13,18-23,44H,5-6,9,14-17H2,1-4H3;1H3,(H,2,3,4). The Morgan fingerprint density at radius 3 is 1.32 bits per heavy atom. The molecule has 0 spiro atoms. The van der Waals surface area contributed by atoms with Crippen LogP contribution < -0.4 is 24.3 Å². The summed E-state index contributed by atoms with van der Waals surface area (Å²) in [6.07, 6.45) is 2.62. The molecule has 0 aromatic heterocycles. The lowest BCUT2D eigenvalue weighted by molar-refractivity contribution is 0.0591. The number of ether oxygens (including phenoxy) is 4. The molecule has 6 aromatic carbocycles. The zero-order chi connectivity index (χ0) is 42.2. The fourth-order valence-electron chi connectivity index (χ4n) is 7.96. The van der Waals surface area contributed by atoms with Crippen LogP contribution in [0.4, 0.5) is 0 Å². The Kier molecular flexibility index (Phi) is 11.5. The second-order valence-electron chi connectivity index (χ2n) is 14.2. The van der Waals surface area contributed by atoms with Gasteiger partial charge in [-0.25, -0.2) is 0 Å². The number of hydrogen-bond acceptors (Lipinski definition) is 11. The van der Waals surface area contributed by atoms with Crippen LogP contribution in [0.15, 0.2) is 72.8 Å². The molecule has 0 atom stereocenters. The van der Waals surface area contributed by atoms with Gasteiger partial charge in [-0.05, 0) is 113 Å². The fraction of sp³-hybridized carbons (Fsp3) is 0.273. The van der Waals surface area contributed by atoms with E-state index >= 15 is 0 Å². The van der Waals surface area contributed by atoms with E-state index in [0.29, 0.717) is 88.2 Å². The van der Waals surface area contributed by atoms with E-state index < -0.39 is 10.1 Å². The van der Waals surface area contributed by atoms with E-state index in [1.807, 2.05) is 60.7 Å². The number of fused-ring (bicyclic) bond motifs is 4. The monoisotopic (exact) mass is 821 g/mol. The van der Waals surface area contributed by atoms with E-state index in [4.69, 9.17) is 23.5 Å². The Bertz CT molecular complexity index is 2640. The molecule has 59 heavy (non-hydrogen) atoms. The van der Waals surface area contributed by atoms with Gasteiger partial charge >= 0.3 is 0 Å². The third-order valence-corrected chi connectivity index (χ3v) is 10.6. The van der Waals surface area contributed by atoms with Crippen LogP contribution >= 0.6 is 0 Å². The van der Waals surface area contributed by atoms with Crippen molar-refractivity contribution in [3.63, 3.8) is 0 Å². The number of benzene rings is 6. The summed E-state index contributed by atoms with van der Waals surface area (Å²) < 4.78 is 47.9. The first-order valence-electron chi connectivity index (χ1n) is 18.9. The smallest absolute Gasteiger partial charge is 0.261 e. The zero-order valence-electron chi connectivity index (χ0n) is 33.2. The van der Waals surface area contributed by atoms with E-state index in [0.717, 1.165) is 38.7 Å². The molecule has 0 aliphatic carbocycles. The SMILES string of the molecule is COc1cc2cc3c4c(cccc4c2cc1OC)C(=O)N(CCCCNCCCN1C(=O)c2cccc4c2c(cc2cc(OC)c(OC)cc24)C1=O)C3=O.CS(=O)(=O)O. The summed E-state index contributed by atoms with van der Waals surface area (Å²) in [5, 5.41) is 9.72. The number of methoxy groups -OCH3 is 4. The largest absolute Gasteiger partial charge is 0.493 e. The van der Waals surface area contributed by atoms with Gasteiger partial charge in [-0.2, -0.15) is 8.42 Å². The maximum Gasteiger partial charge on any atom is 0.261 e. The van der Waals surface area contributed by atoms with Gasteiger partial charge in [0.25, 0.3) is 33.7 Å². The van der Waals surface area contributed by atoms with Crippen molar-refractivity contribution in [2.45, 2.75) is 19.3 Å². The molecule has 0 fully saturated rings. The average molecular weight is 822 g/mol. The minimum absolute atomic E-state index is 0.263. The molecular formula is C44H43N3O11S. The lowest BCUT2D eigenvalue weighted by Gasteiger charge is -2.28. The molecule has 2 N–H and O–H groups in total. The number of amides is 4. The van der Waals surface area contributed by atoms with E-state index in [1.165, 1.54) is 9.80 Å². The van der Waals surface area contributed by atoms with Crippen LogP contribution in [0.1, 0.15) is 60.7 Å². The quantitative estimate of drug-likeness (QED) is 0.0561. The van der Waals surface area contributed by atoms with E-state index in [-0.39, 0.29) is 36.7 Å². The van der Waals surface area contributed by atoms with Crippen LogP contribution in [0, 0.1) is 0 Å². The first kappa shape index (κ1) is 40.9. The molecule has 0 unspecified atom stereocenters. The highest BCUT2D eigenvalue weighted by atomic mass is 32.2. The van der Waals surface area contributed by atoms with Crippen molar-refractivity contribution in [1.82, 2.24) is 15.1 Å². The summed E-state index contributed by atoms with van der Waals surface area (Å²) in [4.78, 5) is 57.4. The van der Waals surface area contributed by atoms with Crippen molar-refractivity contribution in [2.24, 2.45) is 0 Å². The maximum absolute atomic E-state index is 13.8. The second kappa shape index (κ2) is 16.5. The molecule has 2 heterocycles. The predicted molar refractivity (Wildman–Crippen MR) is 224 cm³/mol. The number of nitrogens with one attached hydrogen (secondary N) is 1. The highest BCUT2D eigenvalue weighted by Crippen LogP contribution is 2.42. The van der Waals surface area contributed by atoms with Crippen LogP contribution in [0.25, 0.3) is 43.1 Å². The molecule has 0 radical (unpaired) electrons. The maximum atomic E-state index is 13.8. The van der Waals surface area contributed by atoms with Gasteiger partial charge in [-0.1, -0.05) is 24.3 Å². The molecule has 4 amide bonds. The normalized spacial score (nSPS) is 13.7. The van der Waals surface area contributed by atoms with Gasteiger partial charge < -0.3 is 24.3 Å². The number of imide groups is 2. The van der Waals surface area contributed by atoms with Crippen molar-refractivity contribution >= 4 is 76.8 Å². The lowest BCUT2D eigenvalue weighted by Crippen LogP contribution is -2.41. The highest BCUT2D eigenvalue weighted by Gasteiger charge is 2.35. The molecule has 15 heteroatoms. The molecule has 0 bridgehead atoms. The third kappa shape index (κ3) is 7.71. The number of carbonyl (C=O) groups excluding carboxylic acids is 4. The molecule has 8 rings (SSSR count). The second-order valence-corrected chi connectivity index (χ2v) is 15.7. The van der Waals surface area contributed by atoms with Crippen LogP contribution in [-0.4, -0.2) is 107 Å². The van der Waals surface area contributed by atoms with E-state index in [9.17, 15) is 27.6 Å². The van der Waals surface area contributed by atoms with E-state index in [1.54, 1.807) is 40.6 Å². The Hall–Kier alpha value is -6.29. The number of unbranched alkanes of at least 4 members (excludes halogenated alkanes) is 1. The van der Waals surface area contributed by atoms with Crippen molar-refractivity contribution in [1.29, 1.82) is 0 Å². The van der Waals surface area contributed by atoms with Crippen LogP contribution in [0.5, 0.6) is 23.0 Å². The Labute approximate surface area is 340 Å². The minimum Gasteiger partial charge on any atom is -0.493 e. The van der Waals surface area contributed by atoms with Gasteiger partial charge in [0.05, 0.1) is 34.7 Å². The first-order chi connectivity index (χ1) is 28.3. The van der Waals surface area contributed by atoms with Gasteiger partial charge in [0, 0.05) is 46.1 Å². The fourth-order valence-corrected chi connectivity index (χ4v) is 7.96. The summed E-state index contributed by atoms with van der Waals surface area (Å²) in [6.45, 7) is 1.78. The van der Waals surface area contributed by atoms with E-state index in [2.05, 4.69) is 5.32 Å². The molecule has 14 nitrogen and oxygen atoms in total. The van der Waals surface area contributed by atoms with Crippen molar-refractivity contribution in [3.05, 3.63) is 95.1 Å². The number of rotatable bonds is 13. The van der Waals surface area contributed by atoms with Crippen LogP contribution in [0.2, 0.25) is 0 Å². The minimum atomic E-state index is -3.67. The van der Waals surface area contributed by atoms with Crippen molar-refractivity contribution < 1.29 is 51.1 Å². The van der Waals surface area contributed by atoms with Gasteiger partial charge in [0.1, 0.15) is 0 Å². The number of hydrogen-bond donors (Lipinski definition) is 2. The number of nitrogens with zero attached hydrogens (tertiary/aromatic N) is 2. The van der Waals surface area contributed by atoms with Gasteiger partial charge in [-0.3, -0.25) is 33.5 Å². The molecule has 6 aromatic rings. The molecule has 0 saturated carbocycles. The van der Waals surface area contributed by atoms with Crippen molar-refractivity contribution in [3.8, 4) is 23.0 Å². The summed E-state index contributed by atoms with van der Waals surface area (Å²) in [5.41, 5.74) is 1.99. The summed E-state index contributed by atoms with van der Waals surface area (Å²) in [6, 6.07) is 22.2. The zero-order valence-corrected chi connectivity index (χ0v) is 34.0. The lowest BCUT2D eigenvalue weighted by atomic mass is 9.90. The molecule has 306 valence electrons. The van der Waals surface area contributed by atoms with Gasteiger partial charge in [-0.15, -0.1) is 0 Å². The number of carbonyl (C=O) groups is 4. The van der Waals surface area contributed by atoms with Crippen LogP contribution in [-0.2, 0) is 10.1 Å². The predicted octanol–water partition coefficient (Wildman–Crippen LogP) is 6.49. The molecule has 0 saturated heterocycles. The summed E-state index contributed by atoms with van der Waals surface area (Å²) in [5.74, 6) is 1.03. The topological polar surface area (TPSA) is 178 Å². The van der Waals surface area contributed by atoms with Crippen molar-refractivity contribution in [2.75, 3.05) is 60.9 Å². The summed E-state index contributed by atoms with van der Waals surface area (Å²) in [7, 11) is 2.63.